The predicted octanol–water partition coefficient (Wildman–Crippen LogP) is 27.9. The average molecular weight is 2290 g/mol. The van der Waals surface area contributed by atoms with Crippen LogP contribution in [0.25, 0.3) is 140 Å². The third-order valence-electron chi connectivity index (χ3n) is 22.4. The third-order valence-corrected chi connectivity index (χ3v) is 23.3. The van der Waals surface area contributed by atoms with E-state index in [4.69, 9.17) is 53.9 Å². The summed E-state index contributed by atoms with van der Waals surface area (Å²) in [6.45, 7) is 14.6. The Morgan fingerprint density at radius 2 is 0.984 bits per heavy atom. The Hall–Kier alpha value is -10.5. The number of fused-ring (bicyclic) bond motifs is 9. The summed E-state index contributed by atoms with van der Waals surface area (Å²) in [6, 6.07) is 101. The number of benzene rings is 13. The van der Waals surface area contributed by atoms with Crippen LogP contribution in [-0.4, -0.2) is 48.4 Å². The number of imidazole rings is 4. The number of aromatic nitrogens is 9. The Morgan fingerprint density at radius 3 is 1.67 bits per heavy atom. The van der Waals surface area contributed by atoms with Crippen molar-refractivity contribution in [3.8, 4) is 102 Å². The van der Waals surface area contributed by atoms with Crippen molar-refractivity contribution in [1.82, 2.24) is 42.8 Å². The number of ether oxygens (including phenoxy) is 1. The predicted molar refractivity (Wildman–Crippen MR) is 482 cm³/mol. The first-order valence-electron chi connectivity index (χ1n) is 39.9. The average Bonchev–Trinajstić information content (AvgIpc) is 1.58. The minimum Gasteiger partial charge on any atom is -0.486 e. The second-order valence-corrected chi connectivity index (χ2v) is 32.8. The number of hydrogen-bond acceptors (Lipinski definition) is 6. The van der Waals surface area contributed by atoms with Crippen molar-refractivity contribution in [3.63, 3.8) is 0 Å². The van der Waals surface area contributed by atoms with E-state index in [-0.39, 0.29) is 96.6 Å². The van der Waals surface area contributed by atoms with Crippen molar-refractivity contribution in [2.24, 2.45) is 0 Å². The van der Waals surface area contributed by atoms with Crippen LogP contribution in [0.4, 0.5) is 4.39 Å². The fraction of sp³-hybridized carbons (Fsp3) is 0.135. The number of para-hydroxylation sites is 7. The molecule has 19 aromatic rings. The molecule has 4 radical (unpaired) electrons. The van der Waals surface area contributed by atoms with E-state index in [9.17, 15) is 4.39 Å². The molecule has 6 heterocycles. The number of rotatable bonds is 12. The van der Waals surface area contributed by atoms with E-state index in [0.29, 0.717) is 49.3 Å². The largest absolute Gasteiger partial charge is 0.486 e. The summed E-state index contributed by atoms with van der Waals surface area (Å²) >= 11 is 18.6. The van der Waals surface area contributed by atoms with Gasteiger partial charge in [0.15, 0.2) is 0 Å². The molecule has 2 aliphatic rings. The normalized spacial score (nSPS) is 12.5. The molecule has 0 spiro atoms. The molecule has 0 unspecified atom stereocenters. The van der Waals surface area contributed by atoms with Gasteiger partial charge in [0.05, 0.1) is 45.1 Å². The van der Waals surface area contributed by atoms with Crippen molar-refractivity contribution >= 4 is 78.5 Å². The van der Waals surface area contributed by atoms with Gasteiger partial charge in [0, 0.05) is 163 Å². The molecule has 21 rings (SSSR count). The van der Waals surface area contributed by atoms with E-state index in [2.05, 4.69) is 201 Å². The summed E-state index contributed by atoms with van der Waals surface area (Å²) in [7, 11) is 0. The van der Waals surface area contributed by atoms with Crippen molar-refractivity contribution in [2.75, 3.05) is 0 Å². The van der Waals surface area contributed by atoms with Crippen molar-refractivity contribution in [3.05, 3.63) is 383 Å². The molecule has 123 heavy (non-hydrogen) atoms. The van der Waals surface area contributed by atoms with Crippen LogP contribution < -0.4 is 4.74 Å². The Labute approximate surface area is 783 Å². The van der Waals surface area contributed by atoms with E-state index >= 15 is 0 Å². The molecule has 11 nitrogen and oxygen atoms in total. The van der Waals surface area contributed by atoms with Crippen LogP contribution in [0.2, 0.25) is 15.1 Å². The van der Waals surface area contributed by atoms with Gasteiger partial charge >= 0.3 is 0 Å². The van der Waals surface area contributed by atoms with Gasteiger partial charge in [0.25, 0.3) is 0 Å². The molecule has 1 fully saturated rings. The molecular weight excluding hydrogens is 2210 g/mol. The van der Waals surface area contributed by atoms with Crippen LogP contribution in [0.15, 0.2) is 315 Å². The Bertz CT molecular complexity index is 7000. The number of aryl methyl sites for hydroxylation is 2. The summed E-state index contributed by atoms with van der Waals surface area (Å²) in [5, 5.41) is 6.22. The van der Waals surface area contributed by atoms with E-state index in [0.717, 1.165) is 95.4 Å². The first-order chi connectivity index (χ1) is 57.9. The molecule has 622 valence electrons. The number of nitrogens with zero attached hydrogens (tertiary/aromatic N) is 9. The molecule has 0 aliphatic heterocycles. The zero-order valence-electron chi connectivity index (χ0n) is 68.0. The zero-order chi connectivity index (χ0) is 81.6. The molecule has 0 bridgehead atoms. The first-order valence-corrected chi connectivity index (χ1v) is 41.0. The second kappa shape index (κ2) is 37.9. The van der Waals surface area contributed by atoms with Gasteiger partial charge in [-0.05, 0) is 180 Å². The summed E-state index contributed by atoms with van der Waals surface area (Å²) in [6.07, 6.45) is 20.3. The van der Waals surface area contributed by atoms with Crippen LogP contribution in [0.5, 0.6) is 5.75 Å². The smallest absolute Gasteiger partial charge is 0.143 e. The van der Waals surface area contributed by atoms with Crippen LogP contribution in [0.1, 0.15) is 94.0 Å². The van der Waals surface area contributed by atoms with E-state index in [1.54, 1.807) is 30.6 Å². The second-order valence-electron chi connectivity index (χ2n) is 31.5. The van der Waals surface area contributed by atoms with Crippen molar-refractivity contribution in [2.45, 2.75) is 91.1 Å². The van der Waals surface area contributed by atoms with Crippen LogP contribution in [0.3, 0.4) is 0 Å². The monoisotopic (exact) mass is 2290 g/mol. The summed E-state index contributed by atoms with van der Waals surface area (Å²) in [5.74, 6) is 4.29. The van der Waals surface area contributed by atoms with Gasteiger partial charge in [-0.3, -0.25) is 24.3 Å². The van der Waals surface area contributed by atoms with Gasteiger partial charge in [0.1, 0.15) is 22.5 Å². The van der Waals surface area contributed by atoms with E-state index in [1.165, 1.54) is 81.5 Å². The maximum Gasteiger partial charge on any atom is 0.143 e. The minimum absolute atomic E-state index is 0. The van der Waals surface area contributed by atoms with Gasteiger partial charge in [-0.15, -0.1) is 118 Å². The molecule has 0 N–H and O–H groups in total. The Balaban J connectivity index is 0.000000134. The van der Waals surface area contributed by atoms with E-state index in [1.807, 2.05) is 178 Å². The van der Waals surface area contributed by atoms with Gasteiger partial charge in [-0.2, -0.15) is 0 Å². The summed E-state index contributed by atoms with van der Waals surface area (Å²) in [4.78, 5) is 18.5. The number of furan rings is 1. The molecular formula is C104H81Cl3FIr3N9O2Rh-4. The quantitative estimate of drug-likeness (QED) is 0.0893. The van der Waals surface area contributed by atoms with Crippen molar-refractivity contribution in [1.29, 1.82) is 0 Å². The van der Waals surface area contributed by atoms with Crippen molar-refractivity contribution < 1.29 is 93.3 Å². The molecule has 0 saturated heterocycles. The Kier molecular flexibility index (Phi) is 27.3. The van der Waals surface area contributed by atoms with Gasteiger partial charge in [-0.1, -0.05) is 206 Å². The summed E-state index contributed by atoms with van der Waals surface area (Å²) < 4.78 is 37.4. The molecule has 2 aliphatic carbocycles. The number of halogens is 4. The molecule has 0 amide bonds. The molecule has 1 saturated carbocycles. The first kappa shape index (κ1) is 88.8. The van der Waals surface area contributed by atoms with Crippen LogP contribution >= 0.6 is 34.8 Å². The number of hydrogen-bond donors (Lipinski definition) is 0. The molecule has 13 aromatic carbocycles. The molecule has 6 aromatic heterocycles. The molecule has 0 atom stereocenters. The minimum atomic E-state index is -0.305. The fourth-order valence-corrected chi connectivity index (χ4v) is 17.8. The third kappa shape index (κ3) is 17.6. The standard InChI is InChI=1S/C33H20N3O.C29H27N2.C23H17ClFN2.C19H17Cl2N2O.3Ir.Rh/c1-2-9-23(10-3-1)36-27-13-6-4-11-24(27)26-21-22(17-18-28(26)36)33-34-19-20-35(33)29-14-8-16-31-32(29)25-12-5-7-15-30(25)37-31;1-29(2)25-13-7-5-12-23(25)24-19-21(15-16-26(24)29)28-30-17-18-31(28)27-14-8-6-11-22(27)20-9-3-4-10-20;1-15-6-5-7-16(2)22(15)18-14-17(10-11-20(18)25)23-26-12-13-27(23)21-9-4-3-8-19(21)24;1-19(2,3)24-17-7-5-4-6-16(17)23-11-10-22-18(23)14-9-8-13(20)12-15(14)21;;;;/h1-16,18-21H;5-8,11-14,16-20H,3-4,9-10H2,1-2H3;3-9,11-14H,1-2H3;4-8,10-12H,1-3H3;;;;/q4*-1;;;;. The maximum atomic E-state index is 14.7. The zero-order valence-corrected chi connectivity index (χ0v) is 79.1. The van der Waals surface area contributed by atoms with Gasteiger partial charge < -0.3 is 32.0 Å². The van der Waals surface area contributed by atoms with Gasteiger partial charge in [0.2, 0.25) is 0 Å². The topological polar surface area (TPSA) is 98.6 Å². The SMILES string of the molecule is CC(C)(C)Oc1ccccc1-n1ccnc1-c1[c-]cc(Cl)cc1Cl.CC1(C)c2c[c-]c(-c3nccn3-c3ccccc3C3CCCC3)cc2-c2ccccc21.Cc1cccc(C)c1-c1cc(-c2nccn2-c2ccccc2Cl)[c-]cc1F.[Ir].[Ir].[Ir].[Rh].[c-]1cc2c(cc1-c1nccn1-c1cccc3oc4ccccc4c13)c1ccccc1n2-c1ccccc1. The van der Waals surface area contributed by atoms with Crippen LogP contribution in [0, 0.1) is 43.9 Å². The fourth-order valence-electron chi connectivity index (χ4n) is 17.1. The summed E-state index contributed by atoms with van der Waals surface area (Å²) in [5.41, 5.74) is 22.6. The molecule has 19 heteroatoms. The van der Waals surface area contributed by atoms with Crippen LogP contribution in [-0.2, 0) is 85.2 Å². The van der Waals surface area contributed by atoms with E-state index < -0.39 is 0 Å². The van der Waals surface area contributed by atoms with Gasteiger partial charge in [-0.25, -0.2) is 0 Å². The maximum absolute atomic E-state index is 14.7. The Morgan fingerprint density at radius 1 is 0.455 bits per heavy atom.